The first kappa shape index (κ1) is 19.4. The molecule has 118 valence electrons. The molecule has 0 aliphatic carbocycles. The Bertz CT molecular complexity index is 456. The van der Waals surface area contributed by atoms with E-state index in [1.54, 1.807) is 20.8 Å². The minimum atomic E-state index is -0.752. The molecule has 0 saturated carbocycles. The maximum absolute atomic E-state index is 11.7. The molecule has 21 heavy (non-hydrogen) atoms. The van der Waals surface area contributed by atoms with Crippen LogP contribution in [0.15, 0.2) is 30.3 Å². The number of carbonyl (C=O) groups excluding carboxylic acids is 2. The zero-order valence-electron chi connectivity index (χ0n) is 12.6. The van der Waals surface area contributed by atoms with Crippen molar-refractivity contribution in [2.45, 2.75) is 45.4 Å². The van der Waals surface area contributed by atoms with Gasteiger partial charge in [-0.05, 0) is 26.3 Å². The average molecular weight is 316 g/mol. The maximum atomic E-state index is 11.7. The molecule has 6 heteroatoms. The Balaban J connectivity index is 0.00000400. The molecular weight excluding hydrogens is 294 g/mol. The number of esters is 2. The molecule has 0 unspecified atom stereocenters. The van der Waals surface area contributed by atoms with E-state index in [0.29, 0.717) is 0 Å². The summed E-state index contributed by atoms with van der Waals surface area (Å²) in [4.78, 5) is 23.3. The highest BCUT2D eigenvalue weighted by molar-refractivity contribution is 5.81. The first-order valence-corrected chi connectivity index (χ1v) is 6.53. The van der Waals surface area contributed by atoms with Crippen molar-refractivity contribution in [2.24, 2.45) is 0 Å². The van der Waals surface area contributed by atoms with Crippen LogP contribution in [0.25, 0.3) is 0 Å². The lowest BCUT2D eigenvalue weighted by Crippen LogP contribution is -3.00. The smallest absolute Gasteiger partial charge is 0.365 e. The number of ether oxygens (including phenoxy) is 2. The van der Waals surface area contributed by atoms with E-state index in [9.17, 15) is 9.59 Å². The van der Waals surface area contributed by atoms with Gasteiger partial charge >= 0.3 is 11.9 Å². The molecule has 0 radical (unpaired) electrons. The van der Waals surface area contributed by atoms with Crippen LogP contribution < -0.4 is 18.1 Å². The van der Waals surface area contributed by atoms with E-state index >= 15 is 0 Å². The predicted octanol–water partition coefficient (Wildman–Crippen LogP) is -1.92. The summed E-state index contributed by atoms with van der Waals surface area (Å²) < 4.78 is 10.2. The van der Waals surface area contributed by atoms with Gasteiger partial charge in [0.05, 0.1) is 0 Å². The van der Waals surface area contributed by atoms with Crippen LogP contribution in [0.4, 0.5) is 0 Å². The molecule has 1 atom stereocenters. The lowest BCUT2D eigenvalue weighted by molar-refractivity contribution is -0.409. The fourth-order valence-electron chi connectivity index (χ4n) is 1.47. The monoisotopic (exact) mass is 315 g/mol. The van der Waals surface area contributed by atoms with Crippen LogP contribution in [-0.2, 0) is 25.7 Å². The molecule has 0 spiro atoms. The van der Waals surface area contributed by atoms with E-state index in [-0.39, 0.29) is 25.4 Å². The molecule has 0 fully saturated rings. The normalized spacial score (nSPS) is 12.0. The number of rotatable bonds is 5. The fourth-order valence-corrected chi connectivity index (χ4v) is 1.47. The van der Waals surface area contributed by atoms with Crippen molar-refractivity contribution >= 4 is 11.9 Å². The Kier molecular flexibility index (Phi) is 7.99. The van der Waals surface area contributed by atoms with Crippen LogP contribution in [0.1, 0.15) is 32.8 Å². The molecule has 3 N–H and O–H groups in total. The highest BCUT2D eigenvalue weighted by atomic mass is 35.5. The van der Waals surface area contributed by atoms with Gasteiger partial charge in [-0.2, -0.15) is 0 Å². The van der Waals surface area contributed by atoms with Gasteiger partial charge in [0.15, 0.2) is 6.04 Å². The minimum absolute atomic E-state index is 0. The molecule has 5 nitrogen and oxygen atoms in total. The van der Waals surface area contributed by atoms with Gasteiger partial charge in [0, 0.05) is 0 Å². The van der Waals surface area contributed by atoms with Crippen LogP contribution in [0.5, 0.6) is 0 Å². The Morgan fingerprint density at radius 1 is 1.19 bits per heavy atom. The Morgan fingerprint density at radius 2 is 1.76 bits per heavy atom. The number of benzene rings is 1. The molecule has 0 aliphatic heterocycles. The molecule has 0 heterocycles. The van der Waals surface area contributed by atoms with Gasteiger partial charge in [0.2, 0.25) is 0 Å². The van der Waals surface area contributed by atoms with Crippen LogP contribution in [0.3, 0.4) is 0 Å². The van der Waals surface area contributed by atoms with Crippen molar-refractivity contribution in [3.05, 3.63) is 35.9 Å². The summed E-state index contributed by atoms with van der Waals surface area (Å²) in [6, 6.07) is 8.60. The van der Waals surface area contributed by atoms with Crippen molar-refractivity contribution in [1.29, 1.82) is 0 Å². The summed E-state index contributed by atoms with van der Waals surface area (Å²) in [5.41, 5.74) is 3.96. The van der Waals surface area contributed by atoms with E-state index in [1.165, 1.54) is 0 Å². The lowest BCUT2D eigenvalue weighted by Gasteiger charge is -2.20. The van der Waals surface area contributed by atoms with Crippen LogP contribution in [0.2, 0.25) is 0 Å². The topological polar surface area (TPSA) is 80.2 Å². The molecule has 0 bridgehead atoms. The minimum Gasteiger partial charge on any atom is -1.00 e. The summed E-state index contributed by atoms with van der Waals surface area (Å²) in [5, 5.41) is 0. The Labute approximate surface area is 131 Å². The average Bonchev–Trinajstić information content (AvgIpc) is 2.35. The number of halogens is 1. The van der Waals surface area contributed by atoms with Crippen LogP contribution >= 0.6 is 0 Å². The highest BCUT2D eigenvalue weighted by Crippen LogP contribution is 2.09. The summed E-state index contributed by atoms with van der Waals surface area (Å²) in [6.07, 6.45) is -0.0816. The van der Waals surface area contributed by atoms with Crippen LogP contribution in [0, 0.1) is 0 Å². The van der Waals surface area contributed by atoms with Crippen molar-refractivity contribution in [2.75, 3.05) is 0 Å². The molecule has 1 aromatic rings. The van der Waals surface area contributed by atoms with Gasteiger partial charge in [-0.3, -0.25) is 4.79 Å². The molecule has 0 aromatic heterocycles. The number of hydrogen-bond acceptors (Lipinski definition) is 4. The third-order valence-corrected chi connectivity index (χ3v) is 2.40. The van der Waals surface area contributed by atoms with E-state index in [2.05, 4.69) is 5.73 Å². The summed E-state index contributed by atoms with van der Waals surface area (Å²) in [5.74, 6) is -0.950. The van der Waals surface area contributed by atoms with Gasteiger partial charge in [0.1, 0.15) is 18.6 Å². The fraction of sp³-hybridized carbons (Fsp3) is 0.467. The van der Waals surface area contributed by atoms with Crippen molar-refractivity contribution < 1.29 is 37.2 Å². The summed E-state index contributed by atoms with van der Waals surface area (Å²) in [7, 11) is 0. The van der Waals surface area contributed by atoms with Crippen molar-refractivity contribution in [3.8, 4) is 0 Å². The van der Waals surface area contributed by atoms with Gasteiger partial charge in [-0.15, -0.1) is 0 Å². The molecule has 0 saturated heterocycles. The zero-order valence-corrected chi connectivity index (χ0v) is 13.4. The SMILES string of the molecule is CC(C)(C)OC(=O)[C@@H]([NH3+])CC(=O)OCc1ccccc1.[Cl-]. The quantitative estimate of drug-likeness (QED) is 0.642. The zero-order chi connectivity index (χ0) is 15.2. The first-order chi connectivity index (χ1) is 9.28. The second-order valence-corrected chi connectivity index (χ2v) is 5.58. The summed E-state index contributed by atoms with van der Waals surface area (Å²) >= 11 is 0. The van der Waals surface area contributed by atoms with Crippen molar-refractivity contribution in [1.82, 2.24) is 0 Å². The largest absolute Gasteiger partial charge is 1.00 e. The van der Waals surface area contributed by atoms with Crippen molar-refractivity contribution in [3.63, 3.8) is 0 Å². The summed E-state index contributed by atoms with van der Waals surface area (Å²) in [6.45, 7) is 5.50. The van der Waals surface area contributed by atoms with Crippen LogP contribution in [-0.4, -0.2) is 23.6 Å². The first-order valence-electron chi connectivity index (χ1n) is 6.53. The standard InChI is InChI=1S/C15H21NO4.ClH/c1-15(2,3)20-14(18)12(16)9-13(17)19-10-11-7-5-4-6-8-11;/h4-8,12H,9-10,16H2,1-3H3;1H/t12-;/m0./s1. The highest BCUT2D eigenvalue weighted by Gasteiger charge is 2.27. The Morgan fingerprint density at radius 3 is 2.29 bits per heavy atom. The van der Waals surface area contributed by atoms with E-state index in [1.807, 2.05) is 30.3 Å². The number of quaternary nitrogens is 1. The van der Waals surface area contributed by atoms with Gasteiger partial charge in [-0.25, -0.2) is 4.79 Å². The van der Waals surface area contributed by atoms with E-state index in [4.69, 9.17) is 9.47 Å². The molecule has 0 amide bonds. The van der Waals surface area contributed by atoms with E-state index < -0.39 is 23.6 Å². The molecule has 1 aromatic carbocycles. The van der Waals surface area contributed by atoms with Gasteiger partial charge < -0.3 is 27.6 Å². The number of carbonyl (C=O) groups is 2. The molecule has 1 rings (SSSR count). The number of hydrogen-bond donors (Lipinski definition) is 1. The molecule has 0 aliphatic rings. The van der Waals surface area contributed by atoms with Gasteiger partial charge in [-0.1, -0.05) is 30.3 Å². The second kappa shape index (κ2) is 8.64. The maximum Gasteiger partial charge on any atom is 0.365 e. The molecular formula is C15H22ClNO4. The third kappa shape index (κ3) is 8.32. The van der Waals surface area contributed by atoms with E-state index in [0.717, 1.165) is 5.56 Å². The lowest BCUT2D eigenvalue weighted by atomic mass is 10.1. The third-order valence-electron chi connectivity index (χ3n) is 2.40. The second-order valence-electron chi connectivity index (χ2n) is 5.58. The van der Waals surface area contributed by atoms with Gasteiger partial charge in [0.25, 0.3) is 0 Å². The predicted molar refractivity (Wildman–Crippen MR) is 73.4 cm³/mol. The Hall–Kier alpha value is -1.59.